The third-order valence-electron chi connectivity index (χ3n) is 6.68. The average Bonchev–Trinajstić information content (AvgIpc) is 3.08. The molecule has 0 unspecified atom stereocenters. The Kier molecular flexibility index (Phi) is 9.21. The second-order valence-corrected chi connectivity index (χ2v) is 8.73. The van der Waals surface area contributed by atoms with Crippen molar-refractivity contribution in [1.82, 2.24) is 20.0 Å². The van der Waals surface area contributed by atoms with Gasteiger partial charge in [0.25, 0.3) is 0 Å². The topological polar surface area (TPSA) is 69.6 Å². The van der Waals surface area contributed by atoms with Crippen molar-refractivity contribution in [1.29, 1.82) is 0 Å². The van der Waals surface area contributed by atoms with Crippen molar-refractivity contribution in [3.63, 3.8) is 0 Å². The molecule has 0 aromatic rings. The fourth-order valence-electron chi connectivity index (χ4n) is 4.54. The van der Waals surface area contributed by atoms with E-state index in [4.69, 9.17) is 14.5 Å². The lowest BCUT2D eigenvalue weighted by Gasteiger charge is -2.38. The quantitative estimate of drug-likeness (QED) is 0.511. The number of nitrogens with zero attached hydrogens (tertiary/aromatic N) is 4. The van der Waals surface area contributed by atoms with Crippen LogP contribution in [0.1, 0.15) is 45.4 Å². The molecule has 172 valence electrons. The van der Waals surface area contributed by atoms with Crippen LogP contribution in [-0.2, 0) is 14.3 Å². The van der Waals surface area contributed by atoms with Gasteiger partial charge >= 0.3 is 0 Å². The first-order chi connectivity index (χ1) is 14.7. The van der Waals surface area contributed by atoms with Crippen LogP contribution in [0.2, 0.25) is 0 Å². The molecule has 3 aliphatic rings. The molecule has 0 bridgehead atoms. The highest BCUT2D eigenvalue weighted by molar-refractivity contribution is 5.80. The molecule has 8 heteroatoms. The monoisotopic (exact) mass is 423 g/mol. The molecule has 0 radical (unpaired) electrons. The maximum Gasteiger partial charge on any atom is 0.236 e. The number of piperazine rings is 1. The van der Waals surface area contributed by atoms with Gasteiger partial charge in [0.1, 0.15) is 0 Å². The molecule has 0 spiro atoms. The number of carbonyl (C=O) groups excluding carboxylic acids is 1. The lowest BCUT2D eigenvalue weighted by Crippen LogP contribution is -2.54. The maximum atomic E-state index is 12.7. The highest BCUT2D eigenvalue weighted by atomic mass is 16.5. The van der Waals surface area contributed by atoms with E-state index in [-0.39, 0.29) is 5.60 Å². The van der Waals surface area contributed by atoms with Gasteiger partial charge in [0, 0.05) is 79.0 Å². The summed E-state index contributed by atoms with van der Waals surface area (Å²) in [7, 11) is 1.79. The van der Waals surface area contributed by atoms with Crippen molar-refractivity contribution in [2.45, 2.75) is 51.0 Å². The Hall–Kier alpha value is -1.38. The SMILES string of the molecule is CCNC(=NCC1(OC)CCOCC1)N1CCN(CC(=O)N2CCCCCC2)CC1. The fourth-order valence-corrected chi connectivity index (χ4v) is 4.54. The van der Waals surface area contributed by atoms with Crippen molar-refractivity contribution in [3.05, 3.63) is 0 Å². The van der Waals surface area contributed by atoms with Crippen LogP contribution >= 0.6 is 0 Å². The van der Waals surface area contributed by atoms with Crippen LogP contribution in [0.15, 0.2) is 4.99 Å². The molecule has 3 saturated heterocycles. The zero-order valence-electron chi connectivity index (χ0n) is 19.0. The van der Waals surface area contributed by atoms with Gasteiger partial charge < -0.3 is 24.6 Å². The smallest absolute Gasteiger partial charge is 0.236 e. The van der Waals surface area contributed by atoms with Gasteiger partial charge in [0.15, 0.2) is 5.96 Å². The third-order valence-corrected chi connectivity index (χ3v) is 6.68. The maximum absolute atomic E-state index is 12.7. The Morgan fingerprint density at radius 3 is 2.27 bits per heavy atom. The van der Waals surface area contributed by atoms with Crippen LogP contribution in [0.5, 0.6) is 0 Å². The van der Waals surface area contributed by atoms with Gasteiger partial charge in [-0.1, -0.05) is 12.8 Å². The number of rotatable bonds is 6. The van der Waals surface area contributed by atoms with Gasteiger partial charge in [-0.15, -0.1) is 0 Å². The van der Waals surface area contributed by atoms with E-state index in [0.717, 1.165) is 90.7 Å². The van der Waals surface area contributed by atoms with Gasteiger partial charge in [-0.05, 0) is 19.8 Å². The summed E-state index contributed by atoms with van der Waals surface area (Å²) >= 11 is 0. The van der Waals surface area contributed by atoms with E-state index in [1.54, 1.807) is 7.11 Å². The number of carbonyl (C=O) groups is 1. The molecule has 30 heavy (non-hydrogen) atoms. The molecule has 1 amide bonds. The summed E-state index contributed by atoms with van der Waals surface area (Å²) in [5.74, 6) is 1.26. The van der Waals surface area contributed by atoms with E-state index >= 15 is 0 Å². The number of guanidine groups is 1. The van der Waals surface area contributed by atoms with Crippen LogP contribution in [0.3, 0.4) is 0 Å². The minimum absolute atomic E-state index is 0.208. The molecule has 0 saturated carbocycles. The van der Waals surface area contributed by atoms with Crippen LogP contribution < -0.4 is 5.32 Å². The minimum atomic E-state index is -0.208. The van der Waals surface area contributed by atoms with Crippen molar-refractivity contribution < 1.29 is 14.3 Å². The Bertz CT molecular complexity index is 549. The van der Waals surface area contributed by atoms with E-state index in [9.17, 15) is 4.79 Å². The number of amides is 1. The summed E-state index contributed by atoms with van der Waals surface area (Å²) in [5.41, 5.74) is -0.208. The highest BCUT2D eigenvalue weighted by Crippen LogP contribution is 2.25. The molecular formula is C22H41N5O3. The van der Waals surface area contributed by atoms with Gasteiger partial charge in [-0.3, -0.25) is 14.7 Å². The predicted molar refractivity (Wildman–Crippen MR) is 119 cm³/mol. The molecule has 3 fully saturated rings. The van der Waals surface area contributed by atoms with Crippen LogP contribution in [-0.4, -0.2) is 111 Å². The van der Waals surface area contributed by atoms with Crippen molar-refractivity contribution >= 4 is 11.9 Å². The molecule has 1 N–H and O–H groups in total. The van der Waals surface area contributed by atoms with E-state index < -0.39 is 0 Å². The number of likely N-dealkylation sites (tertiary alicyclic amines) is 1. The van der Waals surface area contributed by atoms with Gasteiger partial charge in [0.2, 0.25) is 5.91 Å². The molecular weight excluding hydrogens is 382 g/mol. The Morgan fingerprint density at radius 1 is 1.00 bits per heavy atom. The highest BCUT2D eigenvalue weighted by Gasteiger charge is 2.33. The zero-order chi connectivity index (χ0) is 21.2. The summed E-state index contributed by atoms with van der Waals surface area (Å²) < 4.78 is 11.3. The normalized spacial score (nSPS) is 23.9. The predicted octanol–water partition coefficient (Wildman–Crippen LogP) is 1.17. The van der Waals surface area contributed by atoms with Crippen molar-refractivity contribution in [2.24, 2.45) is 4.99 Å². The van der Waals surface area contributed by atoms with E-state index in [1.165, 1.54) is 12.8 Å². The molecule has 8 nitrogen and oxygen atoms in total. The lowest BCUT2D eigenvalue weighted by molar-refractivity contribution is -0.132. The number of hydrogen-bond acceptors (Lipinski definition) is 5. The third kappa shape index (κ3) is 6.56. The first-order valence-electron chi connectivity index (χ1n) is 11.8. The number of methoxy groups -OCH3 is 1. The number of hydrogen-bond donors (Lipinski definition) is 1. The molecule has 3 rings (SSSR count). The average molecular weight is 424 g/mol. The molecule has 0 aromatic carbocycles. The Balaban J connectivity index is 1.50. The summed E-state index contributed by atoms with van der Waals surface area (Å²) in [6, 6.07) is 0. The Morgan fingerprint density at radius 2 is 1.67 bits per heavy atom. The van der Waals surface area contributed by atoms with E-state index in [1.807, 2.05) is 0 Å². The number of nitrogens with one attached hydrogen (secondary N) is 1. The van der Waals surface area contributed by atoms with Crippen LogP contribution in [0, 0.1) is 0 Å². The van der Waals surface area contributed by atoms with Crippen LogP contribution in [0.25, 0.3) is 0 Å². The molecule has 3 heterocycles. The van der Waals surface area contributed by atoms with Crippen molar-refractivity contribution in [2.75, 3.05) is 79.2 Å². The first-order valence-corrected chi connectivity index (χ1v) is 11.8. The first kappa shape index (κ1) is 23.3. The molecule has 0 atom stereocenters. The van der Waals surface area contributed by atoms with Gasteiger partial charge in [0.05, 0.1) is 18.7 Å². The largest absolute Gasteiger partial charge is 0.381 e. The molecule has 0 aromatic heterocycles. The van der Waals surface area contributed by atoms with Crippen LogP contribution in [0.4, 0.5) is 0 Å². The minimum Gasteiger partial charge on any atom is -0.381 e. The van der Waals surface area contributed by atoms with Gasteiger partial charge in [-0.2, -0.15) is 0 Å². The lowest BCUT2D eigenvalue weighted by atomic mass is 9.94. The van der Waals surface area contributed by atoms with Crippen molar-refractivity contribution in [3.8, 4) is 0 Å². The zero-order valence-corrected chi connectivity index (χ0v) is 19.0. The number of aliphatic imine (C=N–C) groups is 1. The Labute approximate surface area is 181 Å². The fraction of sp³-hybridized carbons (Fsp3) is 0.909. The van der Waals surface area contributed by atoms with Gasteiger partial charge in [-0.25, -0.2) is 0 Å². The molecule has 3 aliphatic heterocycles. The summed E-state index contributed by atoms with van der Waals surface area (Å²) in [6.07, 6.45) is 6.59. The summed E-state index contributed by atoms with van der Waals surface area (Å²) in [6.45, 7) is 11.1. The second-order valence-electron chi connectivity index (χ2n) is 8.73. The summed E-state index contributed by atoms with van der Waals surface area (Å²) in [4.78, 5) is 24.3. The standard InChI is InChI=1S/C22H41N5O3/c1-3-23-21(24-19-22(29-2)8-16-30-17-9-22)27-14-12-25(13-15-27)18-20(28)26-10-6-4-5-7-11-26/h3-19H2,1-2H3,(H,23,24). The van der Waals surface area contributed by atoms with E-state index in [0.29, 0.717) is 19.0 Å². The van der Waals surface area contributed by atoms with E-state index in [2.05, 4.69) is 26.9 Å². The second kappa shape index (κ2) is 11.9. The summed E-state index contributed by atoms with van der Waals surface area (Å²) in [5, 5.41) is 3.44. The molecule has 0 aliphatic carbocycles. The number of ether oxygens (including phenoxy) is 2.